The Labute approximate surface area is 128 Å². The number of hydrogen-bond acceptors (Lipinski definition) is 3. The Morgan fingerprint density at radius 2 is 2.14 bits per heavy atom. The van der Waals surface area contributed by atoms with Crippen molar-refractivity contribution in [3.8, 4) is 0 Å². The molecule has 3 aromatic rings. The normalized spacial score (nSPS) is 11.0. The number of aryl methyl sites for hydroxylation is 2. The average Bonchev–Trinajstić information content (AvgIpc) is 3.11. The highest BCUT2D eigenvalue weighted by atomic mass is 16.1. The second-order valence-electron chi connectivity index (χ2n) is 5.28. The van der Waals surface area contributed by atoms with Gasteiger partial charge in [0.2, 0.25) is 0 Å². The van der Waals surface area contributed by atoms with Crippen LogP contribution in [0.25, 0.3) is 10.9 Å². The molecule has 0 radical (unpaired) electrons. The summed E-state index contributed by atoms with van der Waals surface area (Å²) in [6.07, 6.45) is 4.78. The Balaban J connectivity index is 1.73. The summed E-state index contributed by atoms with van der Waals surface area (Å²) in [6.45, 7) is 3.45. The number of carbonyl (C=O) groups excluding carboxylic acids is 1. The average molecular weight is 297 g/mol. The first-order valence-electron chi connectivity index (χ1n) is 7.40. The molecule has 1 aromatic carbocycles. The molecule has 6 nitrogen and oxygen atoms in total. The molecule has 0 spiro atoms. The van der Waals surface area contributed by atoms with Crippen LogP contribution in [0.5, 0.6) is 0 Å². The number of aromatic nitrogens is 4. The smallest absolute Gasteiger partial charge is 0.272 e. The van der Waals surface area contributed by atoms with Gasteiger partial charge in [-0.05, 0) is 12.5 Å². The second kappa shape index (κ2) is 6.01. The number of benzene rings is 1. The fourth-order valence-electron chi connectivity index (χ4n) is 2.50. The molecule has 1 amide bonds. The lowest BCUT2D eigenvalue weighted by atomic mass is 10.2. The molecule has 0 unspecified atom stereocenters. The van der Waals surface area contributed by atoms with Crippen molar-refractivity contribution in [2.75, 3.05) is 0 Å². The van der Waals surface area contributed by atoms with Gasteiger partial charge in [0.25, 0.3) is 5.91 Å². The maximum Gasteiger partial charge on any atom is 0.272 e. The molecule has 2 aromatic heterocycles. The lowest BCUT2D eigenvalue weighted by Crippen LogP contribution is -2.23. The molecule has 0 aliphatic carbocycles. The van der Waals surface area contributed by atoms with E-state index in [2.05, 4.69) is 22.4 Å². The van der Waals surface area contributed by atoms with Crippen LogP contribution in [0.15, 0.2) is 36.7 Å². The van der Waals surface area contributed by atoms with Gasteiger partial charge < -0.3 is 5.32 Å². The minimum atomic E-state index is -0.167. The van der Waals surface area contributed by atoms with Crippen LogP contribution in [0.3, 0.4) is 0 Å². The Morgan fingerprint density at radius 3 is 2.95 bits per heavy atom. The number of rotatable bonds is 5. The summed E-state index contributed by atoms with van der Waals surface area (Å²) < 4.78 is 3.61. The van der Waals surface area contributed by atoms with Gasteiger partial charge in [-0.15, -0.1) is 0 Å². The zero-order valence-electron chi connectivity index (χ0n) is 12.8. The van der Waals surface area contributed by atoms with Crippen LogP contribution in [0.1, 0.15) is 29.4 Å². The molecule has 1 N–H and O–H groups in total. The van der Waals surface area contributed by atoms with Crippen molar-refractivity contribution in [1.82, 2.24) is 24.9 Å². The maximum absolute atomic E-state index is 12.4. The van der Waals surface area contributed by atoms with Crippen LogP contribution in [0.2, 0.25) is 0 Å². The van der Waals surface area contributed by atoms with E-state index in [0.29, 0.717) is 12.2 Å². The van der Waals surface area contributed by atoms with E-state index in [0.717, 1.165) is 29.4 Å². The van der Waals surface area contributed by atoms with Gasteiger partial charge >= 0.3 is 0 Å². The van der Waals surface area contributed by atoms with Crippen molar-refractivity contribution in [3.05, 3.63) is 47.9 Å². The molecule has 0 atom stereocenters. The van der Waals surface area contributed by atoms with Crippen molar-refractivity contribution in [3.63, 3.8) is 0 Å². The van der Waals surface area contributed by atoms with Gasteiger partial charge in [0, 0.05) is 37.3 Å². The molecule has 3 rings (SSSR count). The molecular weight excluding hydrogens is 278 g/mol. The van der Waals surface area contributed by atoms with E-state index in [1.54, 1.807) is 10.9 Å². The van der Waals surface area contributed by atoms with Gasteiger partial charge in [0.15, 0.2) is 5.69 Å². The summed E-state index contributed by atoms with van der Waals surface area (Å²) in [7, 11) is 1.84. The van der Waals surface area contributed by atoms with Crippen molar-refractivity contribution < 1.29 is 4.79 Å². The Morgan fingerprint density at radius 1 is 1.32 bits per heavy atom. The van der Waals surface area contributed by atoms with Crippen molar-refractivity contribution >= 4 is 16.8 Å². The fraction of sp³-hybridized carbons (Fsp3) is 0.312. The van der Waals surface area contributed by atoms with E-state index in [9.17, 15) is 4.79 Å². The molecule has 2 heterocycles. The fourth-order valence-corrected chi connectivity index (χ4v) is 2.50. The van der Waals surface area contributed by atoms with Crippen LogP contribution in [0, 0.1) is 0 Å². The number of nitrogens with zero attached hydrogens (tertiary/aromatic N) is 4. The first-order valence-corrected chi connectivity index (χ1v) is 7.40. The standard InChI is InChI=1S/C16H19N5O/c1-3-8-21-11-12(10-18-21)9-17-16(22)15-13-6-4-5-7-14(13)20(2)19-15/h4-7,10-11H,3,8-9H2,1-2H3,(H,17,22). The largest absolute Gasteiger partial charge is 0.346 e. The first kappa shape index (κ1) is 14.3. The maximum atomic E-state index is 12.4. The molecule has 114 valence electrons. The third kappa shape index (κ3) is 2.72. The zero-order valence-corrected chi connectivity index (χ0v) is 12.8. The van der Waals surface area contributed by atoms with Crippen LogP contribution in [-0.2, 0) is 20.1 Å². The summed E-state index contributed by atoms with van der Waals surface area (Å²) in [5.74, 6) is -0.167. The van der Waals surface area contributed by atoms with Gasteiger partial charge in [0.05, 0.1) is 11.7 Å². The highest BCUT2D eigenvalue weighted by Crippen LogP contribution is 2.17. The Kier molecular flexibility index (Phi) is 3.91. The summed E-state index contributed by atoms with van der Waals surface area (Å²) in [6, 6.07) is 7.72. The topological polar surface area (TPSA) is 64.7 Å². The molecular formula is C16H19N5O. The van der Waals surface area contributed by atoms with Gasteiger partial charge in [-0.1, -0.05) is 25.1 Å². The third-order valence-corrected chi connectivity index (χ3v) is 3.57. The second-order valence-corrected chi connectivity index (χ2v) is 5.28. The lowest BCUT2D eigenvalue weighted by Gasteiger charge is -2.01. The third-order valence-electron chi connectivity index (χ3n) is 3.57. The van der Waals surface area contributed by atoms with Crippen LogP contribution in [0.4, 0.5) is 0 Å². The van der Waals surface area contributed by atoms with Crippen LogP contribution >= 0.6 is 0 Å². The van der Waals surface area contributed by atoms with E-state index >= 15 is 0 Å². The van der Waals surface area contributed by atoms with E-state index in [4.69, 9.17) is 0 Å². The number of hydrogen-bond donors (Lipinski definition) is 1. The van der Waals surface area contributed by atoms with E-state index in [-0.39, 0.29) is 5.91 Å². The molecule has 22 heavy (non-hydrogen) atoms. The number of nitrogens with one attached hydrogen (secondary N) is 1. The quantitative estimate of drug-likeness (QED) is 0.784. The van der Waals surface area contributed by atoms with Crippen molar-refractivity contribution in [2.45, 2.75) is 26.4 Å². The Bertz CT molecular complexity index is 802. The van der Waals surface area contributed by atoms with Gasteiger partial charge in [-0.2, -0.15) is 10.2 Å². The first-order chi connectivity index (χ1) is 10.7. The predicted octanol–water partition coefficient (Wildman–Crippen LogP) is 2.11. The van der Waals surface area contributed by atoms with Crippen molar-refractivity contribution in [2.24, 2.45) is 7.05 Å². The molecule has 0 aliphatic heterocycles. The highest BCUT2D eigenvalue weighted by molar-refractivity contribution is 6.04. The van der Waals surface area contributed by atoms with Gasteiger partial charge in [-0.3, -0.25) is 14.2 Å². The minimum Gasteiger partial charge on any atom is -0.346 e. The van der Waals surface area contributed by atoms with E-state index in [1.165, 1.54) is 0 Å². The number of fused-ring (bicyclic) bond motifs is 1. The van der Waals surface area contributed by atoms with Gasteiger partial charge in [-0.25, -0.2) is 0 Å². The van der Waals surface area contributed by atoms with Crippen molar-refractivity contribution in [1.29, 1.82) is 0 Å². The summed E-state index contributed by atoms with van der Waals surface area (Å²) >= 11 is 0. The van der Waals surface area contributed by atoms with Gasteiger partial charge in [0.1, 0.15) is 0 Å². The molecule has 0 fully saturated rings. The monoisotopic (exact) mass is 297 g/mol. The summed E-state index contributed by atoms with van der Waals surface area (Å²) in [4.78, 5) is 12.4. The van der Waals surface area contributed by atoms with Crippen LogP contribution in [-0.4, -0.2) is 25.5 Å². The highest BCUT2D eigenvalue weighted by Gasteiger charge is 2.15. The Hall–Kier alpha value is -2.63. The van der Waals surface area contributed by atoms with E-state index < -0.39 is 0 Å². The minimum absolute atomic E-state index is 0.167. The predicted molar refractivity (Wildman–Crippen MR) is 84.4 cm³/mol. The molecule has 0 saturated heterocycles. The zero-order chi connectivity index (χ0) is 15.5. The van der Waals surface area contributed by atoms with Crippen LogP contribution < -0.4 is 5.32 Å². The molecule has 6 heteroatoms. The SMILES string of the molecule is CCCn1cc(CNC(=O)c2nn(C)c3ccccc23)cn1. The molecule has 0 saturated carbocycles. The molecule has 0 bridgehead atoms. The number of carbonyl (C=O) groups is 1. The molecule has 0 aliphatic rings. The number of amides is 1. The summed E-state index contributed by atoms with van der Waals surface area (Å²) in [5, 5.41) is 12.3. The number of para-hydroxylation sites is 1. The lowest BCUT2D eigenvalue weighted by molar-refractivity contribution is 0.0947. The van der Waals surface area contributed by atoms with E-state index in [1.807, 2.05) is 42.2 Å². The summed E-state index contributed by atoms with van der Waals surface area (Å²) in [5.41, 5.74) is 2.39.